The molecule has 0 aliphatic rings. The van der Waals surface area contributed by atoms with E-state index in [2.05, 4.69) is 28.6 Å². The monoisotopic (exact) mass is 495 g/mol. The Morgan fingerprint density at radius 2 is 1.53 bits per heavy atom. The molecular weight excluding hydrogens is 462 g/mol. The fourth-order valence-corrected chi connectivity index (χ4v) is 3.28. The number of benzene rings is 1. The molecule has 0 saturated carbocycles. The summed E-state index contributed by atoms with van der Waals surface area (Å²) in [7, 11) is 0. The van der Waals surface area contributed by atoms with E-state index in [0.29, 0.717) is 0 Å². The maximum atomic E-state index is 13.0. The molecular formula is C22H33N5O6S. The number of carboxylic acids is 1. The average Bonchev–Trinajstić information content (AvgIpc) is 2.77. The number of thiol groups is 1. The molecule has 4 amide bonds. The fraction of sp³-hybridized carbons (Fsp3) is 0.500. The van der Waals surface area contributed by atoms with Crippen molar-refractivity contribution in [2.45, 2.75) is 57.3 Å². The molecule has 11 nitrogen and oxygen atoms in total. The van der Waals surface area contributed by atoms with Gasteiger partial charge in [0.25, 0.3) is 0 Å². The Bertz CT molecular complexity index is 867. The second kappa shape index (κ2) is 14.2. The summed E-state index contributed by atoms with van der Waals surface area (Å²) in [5.74, 6) is -4.55. The van der Waals surface area contributed by atoms with Gasteiger partial charge in [0.1, 0.15) is 18.1 Å². The van der Waals surface area contributed by atoms with E-state index in [0.717, 1.165) is 5.56 Å². The zero-order chi connectivity index (χ0) is 25.8. The molecule has 188 valence electrons. The van der Waals surface area contributed by atoms with Gasteiger partial charge < -0.3 is 32.5 Å². The molecule has 1 rings (SSSR count). The third-order valence-electron chi connectivity index (χ3n) is 4.99. The molecule has 0 bridgehead atoms. The molecule has 1 aromatic rings. The van der Waals surface area contributed by atoms with Crippen LogP contribution in [-0.2, 0) is 30.4 Å². The minimum absolute atomic E-state index is 0.105. The SMILES string of the molecule is CC(C)C(NC(=O)C(CCC(N)=O)NC(=O)C(N)Cc1ccccc1)C(=O)NC(CS)C(=O)O. The second-order valence-electron chi connectivity index (χ2n) is 8.17. The summed E-state index contributed by atoms with van der Waals surface area (Å²) in [5.41, 5.74) is 12.0. The Kier molecular flexibility index (Phi) is 12.1. The van der Waals surface area contributed by atoms with E-state index in [4.69, 9.17) is 16.6 Å². The maximum Gasteiger partial charge on any atom is 0.327 e. The van der Waals surface area contributed by atoms with Gasteiger partial charge >= 0.3 is 5.97 Å². The second-order valence-corrected chi connectivity index (χ2v) is 8.54. The van der Waals surface area contributed by atoms with Crippen molar-refractivity contribution in [3.63, 3.8) is 0 Å². The first-order valence-corrected chi connectivity index (χ1v) is 11.4. The summed E-state index contributed by atoms with van der Waals surface area (Å²) < 4.78 is 0. The van der Waals surface area contributed by atoms with Gasteiger partial charge in [-0.15, -0.1) is 0 Å². The van der Waals surface area contributed by atoms with Crippen LogP contribution < -0.4 is 27.4 Å². The first-order valence-electron chi connectivity index (χ1n) is 10.8. The number of nitrogens with one attached hydrogen (secondary N) is 3. The van der Waals surface area contributed by atoms with Crippen molar-refractivity contribution in [3.05, 3.63) is 35.9 Å². The van der Waals surface area contributed by atoms with E-state index in [1.807, 2.05) is 30.3 Å². The lowest BCUT2D eigenvalue weighted by Gasteiger charge is -2.26. The Balaban J connectivity index is 2.93. The van der Waals surface area contributed by atoms with E-state index >= 15 is 0 Å². The van der Waals surface area contributed by atoms with Crippen molar-refractivity contribution in [2.24, 2.45) is 17.4 Å². The number of nitrogens with two attached hydrogens (primary N) is 2. The van der Waals surface area contributed by atoms with Crippen LogP contribution in [0.2, 0.25) is 0 Å². The van der Waals surface area contributed by atoms with Crippen LogP contribution in [0.25, 0.3) is 0 Å². The standard InChI is InChI=1S/C22H33N5O6S/c1-12(2)18(21(31)26-16(11-34)22(32)33)27-20(30)15(8-9-17(24)28)25-19(29)14(23)10-13-6-4-3-5-7-13/h3-7,12,14-16,18,34H,8-11,23H2,1-2H3,(H2,24,28)(H,25,29)(H,26,31)(H,27,30)(H,32,33). The van der Waals surface area contributed by atoms with E-state index in [9.17, 15) is 24.0 Å². The number of hydrogen-bond acceptors (Lipinski definition) is 7. The van der Waals surface area contributed by atoms with Crippen molar-refractivity contribution in [2.75, 3.05) is 5.75 Å². The number of hydrogen-bond donors (Lipinski definition) is 7. The molecule has 4 atom stereocenters. The van der Waals surface area contributed by atoms with Gasteiger partial charge in [0.2, 0.25) is 23.6 Å². The Morgan fingerprint density at radius 1 is 0.941 bits per heavy atom. The van der Waals surface area contributed by atoms with Gasteiger partial charge in [-0.25, -0.2) is 4.79 Å². The normalized spacial score (nSPS) is 14.4. The van der Waals surface area contributed by atoms with Crippen LogP contribution in [0.1, 0.15) is 32.3 Å². The van der Waals surface area contributed by atoms with E-state index in [1.54, 1.807) is 13.8 Å². The molecule has 0 fully saturated rings. The van der Waals surface area contributed by atoms with Crippen molar-refractivity contribution in [1.82, 2.24) is 16.0 Å². The highest BCUT2D eigenvalue weighted by atomic mass is 32.1. The molecule has 12 heteroatoms. The van der Waals surface area contributed by atoms with Crippen molar-refractivity contribution < 1.29 is 29.1 Å². The molecule has 8 N–H and O–H groups in total. The molecule has 0 radical (unpaired) electrons. The average molecular weight is 496 g/mol. The van der Waals surface area contributed by atoms with Crippen LogP contribution in [0.5, 0.6) is 0 Å². The smallest absolute Gasteiger partial charge is 0.327 e. The molecule has 0 spiro atoms. The zero-order valence-electron chi connectivity index (χ0n) is 19.2. The van der Waals surface area contributed by atoms with Gasteiger partial charge in [-0.3, -0.25) is 19.2 Å². The zero-order valence-corrected chi connectivity index (χ0v) is 20.1. The summed E-state index contributed by atoms with van der Waals surface area (Å²) >= 11 is 3.91. The van der Waals surface area contributed by atoms with Gasteiger partial charge in [0.15, 0.2) is 0 Å². The van der Waals surface area contributed by atoms with Crippen molar-refractivity contribution in [3.8, 4) is 0 Å². The topological polar surface area (TPSA) is 194 Å². The van der Waals surface area contributed by atoms with E-state index < -0.39 is 59.7 Å². The lowest BCUT2D eigenvalue weighted by atomic mass is 10.0. The quantitative estimate of drug-likeness (QED) is 0.160. The highest BCUT2D eigenvalue weighted by Crippen LogP contribution is 2.07. The van der Waals surface area contributed by atoms with Gasteiger partial charge in [-0.05, 0) is 24.3 Å². The summed E-state index contributed by atoms with van der Waals surface area (Å²) in [5, 5.41) is 16.5. The van der Waals surface area contributed by atoms with Gasteiger partial charge in [0, 0.05) is 12.2 Å². The molecule has 0 heterocycles. The minimum Gasteiger partial charge on any atom is -0.480 e. The minimum atomic E-state index is -1.27. The molecule has 0 aliphatic heterocycles. The number of aliphatic carboxylic acids is 1. The van der Waals surface area contributed by atoms with Crippen molar-refractivity contribution in [1.29, 1.82) is 0 Å². The lowest BCUT2D eigenvalue weighted by molar-refractivity contribution is -0.142. The fourth-order valence-electron chi connectivity index (χ4n) is 3.03. The lowest BCUT2D eigenvalue weighted by Crippen LogP contribution is -2.58. The van der Waals surface area contributed by atoms with Crippen LogP contribution in [0, 0.1) is 5.92 Å². The van der Waals surface area contributed by atoms with Gasteiger partial charge in [0.05, 0.1) is 6.04 Å². The van der Waals surface area contributed by atoms with Crippen LogP contribution >= 0.6 is 12.6 Å². The molecule has 0 saturated heterocycles. The van der Waals surface area contributed by atoms with E-state index in [1.165, 1.54) is 0 Å². The van der Waals surface area contributed by atoms with Crippen LogP contribution in [0.3, 0.4) is 0 Å². The number of carbonyl (C=O) groups is 5. The van der Waals surface area contributed by atoms with Gasteiger partial charge in [-0.1, -0.05) is 44.2 Å². The van der Waals surface area contributed by atoms with Gasteiger partial charge in [-0.2, -0.15) is 12.6 Å². The summed E-state index contributed by atoms with van der Waals surface area (Å²) in [4.78, 5) is 60.7. The molecule has 0 aliphatic carbocycles. The molecule has 4 unspecified atom stereocenters. The number of carbonyl (C=O) groups excluding carboxylic acids is 4. The largest absolute Gasteiger partial charge is 0.480 e. The van der Waals surface area contributed by atoms with Crippen LogP contribution in [-0.4, -0.2) is 64.6 Å². The third kappa shape index (κ3) is 9.79. The third-order valence-corrected chi connectivity index (χ3v) is 5.36. The van der Waals surface area contributed by atoms with E-state index in [-0.39, 0.29) is 25.0 Å². The highest BCUT2D eigenvalue weighted by molar-refractivity contribution is 7.80. The Hall–Kier alpha value is -3.12. The summed E-state index contributed by atoms with van der Waals surface area (Å²) in [6.07, 6.45) is -0.0640. The Labute approximate surface area is 203 Å². The molecule has 0 aromatic heterocycles. The molecule has 1 aromatic carbocycles. The summed E-state index contributed by atoms with van der Waals surface area (Å²) in [6, 6.07) is 4.59. The first kappa shape index (κ1) is 28.9. The predicted molar refractivity (Wildman–Crippen MR) is 129 cm³/mol. The number of carboxylic acid groups (broad SMARTS) is 1. The Morgan fingerprint density at radius 3 is 2.03 bits per heavy atom. The number of rotatable bonds is 14. The predicted octanol–water partition coefficient (Wildman–Crippen LogP) is -1.05. The summed E-state index contributed by atoms with van der Waals surface area (Å²) in [6.45, 7) is 3.32. The maximum absolute atomic E-state index is 13.0. The number of primary amides is 1. The first-order chi connectivity index (χ1) is 16.0. The van der Waals surface area contributed by atoms with Crippen LogP contribution in [0.4, 0.5) is 0 Å². The van der Waals surface area contributed by atoms with Crippen molar-refractivity contribution >= 4 is 42.2 Å². The number of amides is 4. The van der Waals surface area contributed by atoms with Crippen LogP contribution in [0.15, 0.2) is 30.3 Å². The highest BCUT2D eigenvalue weighted by Gasteiger charge is 2.31. The molecule has 34 heavy (non-hydrogen) atoms.